The molecule has 0 fully saturated rings. The van der Waals surface area contributed by atoms with Crippen LogP contribution in [0, 0.1) is 6.92 Å². The van der Waals surface area contributed by atoms with Crippen molar-refractivity contribution in [3.8, 4) is 11.6 Å². The van der Waals surface area contributed by atoms with Gasteiger partial charge in [-0.1, -0.05) is 6.58 Å². The lowest BCUT2D eigenvalue weighted by Crippen LogP contribution is -2.02. The van der Waals surface area contributed by atoms with Crippen LogP contribution in [0.3, 0.4) is 0 Å². The van der Waals surface area contributed by atoms with E-state index in [0.29, 0.717) is 12.5 Å². The average molecular weight is 229 g/mol. The minimum absolute atomic E-state index is 0.578. The van der Waals surface area contributed by atoms with Crippen molar-refractivity contribution < 1.29 is 4.74 Å². The number of hydrogen-bond acceptors (Lipinski definition) is 3. The summed E-state index contributed by atoms with van der Waals surface area (Å²) in [6, 6.07) is 3.86. The number of aryl methyl sites for hydroxylation is 1. The molecule has 0 spiro atoms. The fourth-order valence-corrected chi connectivity index (χ4v) is 1.55. The Balaban J connectivity index is 2.48. The summed E-state index contributed by atoms with van der Waals surface area (Å²) >= 11 is 0. The maximum absolute atomic E-state index is 5.54. The zero-order chi connectivity index (χ0) is 12.3. The average Bonchev–Trinajstić information content (AvgIpc) is 2.76. The van der Waals surface area contributed by atoms with E-state index in [1.54, 1.807) is 12.4 Å². The molecule has 0 N–H and O–H groups in total. The Labute approximate surface area is 101 Å². The first-order chi connectivity index (χ1) is 8.24. The number of imidazole rings is 1. The number of pyridine rings is 1. The molecule has 88 valence electrons. The third kappa shape index (κ3) is 2.36. The van der Waals surface area contributed by atoms with E-state index in [9.17, 15) is 0 Å². The van der Waals surface area contributed by atoms with Crippen LogP contribution >= 0.6 is 0 Å². The standard InChI is InChI=1S/C13H15N3O/c1-4-11-6-7-12(13(15-11)17-5-2)16-8-10(3)14-9-16/h4,6-9H,1,5H2,2-3H3. The van der Waals surface area contributed by atoms with E-state index in [0.717, 1.165) is 17.1 Å². The summed E-state index contributed by atoms with van der Waals surface area (Å²) in [6.45, 7) is 8.16. The molecule has 2 aromatic rings. The van der Waals surface area contributed by atoms with Gasteiger partial charge >= 0.3 is 0 Å². The molecule has 4 heteroatoms. The predicted octanol–water partition coefficient (Wildman–Crippen LogP) is 2.62. The summed E-state index contributed by atoms with van der Waals surface area (Å²) in [5.41, 5.74) is 2.65. The van der Waals surface area contributed by atoms with Crippen molar-refractivity contribution in [1.82, 2.24) is 14.5 Å². The molecule has 0 aliphatic carbocycles. The molecule has 2 heterocycles. The van der Waals surface area contributed by atoms with Gasteiger partial charge in [-0.3, -0.25) is 0 Å². The Morgan fingerprint density at radius 1 is 1.47 bits per heavy atom. The van der Waals surface area contributed by atoms with Crippen LogP contribution < -0.4 is 4.74 Å². The number of aromatic nitrogens is 3. The van der Waals surface area contributed by atoms with Gasteiger partial charge in [0.1, 0.15) is 5.69 Å². The van der Waals surface area contributed by atoms with Crippen LogP contribution in [0.25, 0.3) is 11.8 Å². The summed E-state index contributed by atoms with van der Waals surface area (Å²) < 4.78 is 7.44. The molecule has 0 aromatic carbocycles. The maximum Gasteiger partial charge on any atom is 0.238 e. The monoisotopic (exact) mass is 229 g/mol. The highest BCUT2D eigenvalue weighted by molar-refractivity contribution is 5.50. The van der Waals surface area contributed by atoms with Gasteiger partial charge in [-0.05, 0) is 32.1 Å². The van der Waals surface area contributed by atoms with Gasteiger partial charge < -0.3 is 9.30 Å². The van der Waals surface area contributed by atoms with Gasteiger partial charge in [-0.15, -0.1) is 0 Å². The largest absolute Gasteiger partial charge is 0.476 e. The SMILES string of the molecule is C=Cc1ccc(-n2cnc(C)c2)c(OCC)n1. The molecule has 2 aromatic heterocycles. The molecule has 4 nitrogen and oxygen atoms in total. The molecule has 0 radical (unpaired) electrons. The second-order valence-electron chi connectivity index (χ2n) is 3.62. The molecule has 0 bridgehead atoms. The molecule has 0 saturated heterocycles. The van der Waals surface area contributed by atoms with Gasteiger partial charge in [0.05, 0.1) is 24.3 Å². The summed E-state index contributed by atoms with van der Waals surface area (Å²) in [6.07, 6.45) is 5.39. The lowest BCUT2D eigenvalue weighted by atomic mass is 10.3. The fraction of sp³-hybridized carbons (Fsp3) is 0.231. The molecular formula is C13H15N3O. The summed E-state index contributed by atoms with van der Waals surface area (Å²) in [5.74, 6) is 0.599. The summed E-state index contributed by atoms with van der Waals surface area (Å²) in [5, 5.41) is 0. The van der Waals surface area contributed by atoms with Gasteiger partial charge in [0.15, 0.2) is 0 Å². The predicted molar refractivity (Wildman–Crippen MR) is 67.4 cm³/mol. The Kier molecular flexibility index (Phi) is 3.23. The first kappa shape index (κ1) is 11.4. The fourth-order valence-electron chi connectivity index (χ4n) is 1.55. The van der Waals surface area contributed by atoms with E-state index < -0.39 is 0 Å². The van der Waals surface area contributed by atoms with Gasteiger partial charge in [-0.2, -0.15) is 0 Å². The van der Waals surface area contributed by atoms with Crippen molar-refractivity contribution in [3.05, 3.63) is 42.6 Å². The van der Waals surface area contributed by atoms with Crippen molar-refractivity contribution in [2.45, 2.75) is 13.8 Å². The minimum Gasteiger partial charge on any atom is -0.476 e. The van der Waals surface area contributed by atoms with Gasteiger partial charge in [0.25, 0.3) is 0 Å². The lowest BCUT2D eigenvalue weighted by Gasteiger charge is -2.10. The molecular weight excluding hydrogens is 214 g/mol. The van der Waals surface area contributed by atoms with E-state index in [-0.39, 0.29) is 0 Å². The minimum atomic E-state index is 0.578. The second kappa shape index (κ2) is 4.82. The van der Waals surface area contributed by atoms with Gasteiger partial charge in [-0.25, -0.2) is 9.97 Å². The van der Waals surface area contributed by atoms with Crippen molar-refractivity contribution >= 4 is 6.08 Å². The van der Waals surface area contributed by atoms with Crippen molar-refractivity contribution in [3.63, 3.8) is 0 Å². The van der Waals surface area contributed by atoms with Crippen LogP contribution in [0.1, 0.15) is 18.3 Å². The van der Waals surface area contributed by atoms with Crippen LogP contribution in [-0.2, 0) is 0 Å². The second-order valence-corrected chi connectivity index (χ2v) is 3.62. The van der Waals surface area contributed by atoms with Gasteiger partial charge in [0, 0.05) is 6.20 Å². The first-order valence-corrected chi connectivity index (χ1v) is 5.52. The Morgan fingerprint density at radius 3 is 2.88 bits per heavy atom. The van der Waals surface area contributed by atoms with Crippen LogP contribution in [0.4, 0.5) is 0 Å². The number of hydrogen-bond donors (Lipinski definition) is 0. The molecule has 2 rings (SSSR count). The highest BCUT2D eigenvalue weighted by atomic mass is 16.5. The normalized spacial score (nSPS) is 10.2. The van der Waals surface area contributed by atoms with Crippen LogP contribution in [0.15, 0.2) is 31.2 Å². The van der Waals surface area contributed by atoms with Crippen molar-refractivity contribution in [2.75, 3.05) is 6.61 Å². The number of ether oxygens (including phenoxy) is 1. The van der Waals surface area contributed by atoms with Gasteiger partial charge in [0.2, 0.25) is 5.88 Å². The highest BCUT2D eigenvalue weighted by Crippen LogP contribution is 2.21. The zero-order valence-electron chi connectivity index (χ0n) is 10.1. The van der Waals surface area contributed by atoms with E-state index in [2.05, 4.69) is 16.5 Å². The number of rotatable bonds is 4. The molecule has 17 heavy (non-hydrogen) atoms. The third-order valence-electron chi connectivity index (χ3n) is 2.34. The zero-order valence-corrected chi connectivity index (χ0v) is 10.1. The molecule has 0 amide bonds. The molecule has 0 unspecified atom stereocenters. The van der Waals surface area contributed by atoms with E-state index in [4.69, 9.17) is 4.74 Å². The Hall–Kier alpha value is -2.10. The number of nitrogens with zero attached hydrogens (tertiary/aromatic N) is 3. The van der Waals surface area contributed by atoms with Crippen molar-refractivity contribution in [2.24, 2.45) is 0 Å². The molecule has 0 saturated carbocycles. The quantitative estimate of drug-likeness (QED) is 0.809. The summed E-state index contributed by atoms with van der Waals surface area (Å²) in [7, 11) is 0. The Morgan fingerprint density at radius 2 is 2.29 bits per heavy atom. The highest BCUT2D eigenvalue weighted by Gasteiger charge is 2.08. The van der Waals surface area contributed by atoms with E-state index in [1.165, 1.54) is 0 Å². The smallest absolute Gasteiger partial charge is 0.238 e. The molecule has 0 atom stereocenters. The maximum atomic E-state index is 5.54. The van der Waals surface area contributed by atoms with Crippen LogP contribution in [-0.4, -0.2) is 21.1 Å². The summed E-state index contributed by atoms with van der Waals surface area (Å²) in [4.78, 5) is 8.57. The topological polar surface area (TPSA) is 39.9 Å². The Bertz CT molecular complexity index is 531. The third-order valence-corrected chi connectivity index (χ3v) is 2.34. The molecule has 0 aliphatic heterocycles. The lowest BCUT2D eigenvalue weighted by molar-refractivity contribution is 0.325. The van der Waals surface area contributed by atoms with Crippen molar-refractivity contribution in [1.29, 1.82) is 0 Å². The molecule has 0 aliphatic rings. The first-order valence-electron chi connectivity index (χ1n) is 5.52. The van der Waals surface area contributed by atoms with Crippen LogP contribution in [0.2, 0.25) is 0 Å². The van der Waals surface area contributed by atoms with E-state index >= 15 is 0 Å². The van der Waals surface area contributed by atoms with Crippen LogP contribution in [0.5, 0.6) is 5.88 Å². The van der Waals surface area contributed by atoms with E-state index in [1.807, 2.05) is 36.7 Å².